The lowest BCUT2D eigenvalue weighted by Crippen LogP contribution is -2.38. The van der Waals surface area contributed by atoms with Gasteiger partial charge in [-0.25, -0.2) is 4.39 Å². The van der Waals surface area contributed by atoms with E-state index < -0.39 is 0 Å². The van der Waals surface area contributed by atoms with Crippen molar-refractivity contribution in [3.63, 3.8) is 0 Å². The number of aryl methyl sites for hydroxylation is 2. The van der Waals surface area contributed by atoms with Crippen LogP contribution in [0.3, 0.4) is 0 Å². The van der Waals surface area contributed by atoms with Gasteiger partial charge in [0.1, 0.15) is 5.82 Å². The summed E-state index contributed by atoms with van der Waals surface area (Å²) in [5.41, 5.74) is 3.44. The van der Waals surface area contributed by atoms with E-state index in [0.717, 1.165) is 16.8 Å². The summed E-state index contributed by atoms with van der Waals surface area (Å²) in [5.74, 6) is 0.171. The van der Waals surface area contributed by atoms with Gasteiger partial charge in [0.05, 0.1) is 37.1 Å². The number of anilines is 2. The van der Waals surface area contributed by atoms with Crippen LogP contribution in [-0.2, 0) is 9.53 Å². The third-order valence-electron chi connectivity index (χ3n) is 5.57. The average Bonchev–Trinajstić information content (AvgIpc) is 3.27. The zero-order valence-electron chi connectivity index (χ0n) is 19.8. The highest BCUT2D eigenvalue weighted by Crippen LogP contribution is 2.28. The van der Waals surface area contributed by atoms with Crippen LogP contribution in [0.15, 0.2) is 47.6 Å². The number of nitrogens with zero attached hydrogens (tertiary/aromatic N) is 6. The molecule has 2 aromatic carbocycles. The molecule has 182 valence electrons. The average molecular weight is 495 g/mol. The van der Waals surface area contributed by atoms with Crippen molar-refractivity contribution in [2.75, 3.05) is 48.4 Å². The molecule has 1 aliphatic rings. The van der Waals surface area contributed by atoms with Gasteiger partial charge in [-0.15, -0.1) is 10.2 Å². The Morgan fingerprint density at radius 3 is 2.60 bits per heavy atom. The highest BCUT2D eigenvalue weighted by molar-refractivity contribution is 7.99. The van der Waals surface area contributed by atoms with Crippen LogP contribution in [0, 0.1) is 31.0 Å². The number of thioether (sulfide) groups is 1. The number of halogens is 1. The Morgan fingerprint density at radius 2 is 1.91 bits per heavy atom. The minimum Gasteiger partial charge on any atom is -0.378 e. The molecule has 0 aliphatic carbocycles. The van der Waals surface area contributed by atoms with Crippen LogP contribution in [0.1, 0.15) is 17.5 Å². The third kappa shape index (κ3) is 5.99. The number of amides is 1. The molecular weight excluding hydrogens is 467 g/mol. The van der Waals surface area contributed by atoms with Crippen LogP contribution < -0.4 is 9.80 Å². The zero-order valence-corrected chi connectivity index (χ0v) is 20.6. The van der Waals surface area contributed by atoms with E-state index >= 15 is 0 Å². The van der Waals surface area contributed by atoms with E-state index in [1.165, 1.54) is 23.9 Å². The molecule has 4 rings (SSSR count). The molecule has 0 radical (unpaired) electrons. The number of hydrogen-bond acceptors (Lipinski definition) is 7. The number of nitriles is 1. The van der Waals surface area contributed by atoms with Crippen LogP contribution >= 0.6 is 11.8 Å². The molecule has 0 unspecified atom stereocenters. The van der Waals surface area contributed by atoms with Crippen molar-refractivity contribution in [3.8, 4) is 11.8 Å². The van der Waals surface area contributed by atoms with Gasteiger partial charge in [-0.2, -0.15) is 5.26 Å². The van der Waals surface area contributed by atoms with Gasteiger partial charge in [-0.05, 0) is 55.3 Å². The van der Waals surface area contributed by atoms with E-state index in [1.807, 2.05) is 36.9 Å². The number of rotatable bonds is 8. The fourth-order valence-corrected chi connectivity index (χ4v) is 4.86. The number of ether oxygens (including phenoxy) is 1. The van der Waals surface area contributed by atoms with E-state index in [2.05, 4.69) is 16.3 Å². The van der Waals surface area contributed by atoms with Crippen LogP contribution in [0.25, 0.3) is 5.69 Å². The molecule has 10 heteroatoms. The monoisotopic (exact) mass is 494 g/mol. The number of carbonyl (C=O) groups is 1. The van der Waals surface area contributed by atoms with Gasteiger partial charge < -0.3 is 14.5 Å². The lowest BCUT2D eigenvalue weighted by Gasteiger charge is -2.28. The largest absolute Gasteiger partial charge is 0.378 e. The molecule has 8 nitrogen and oxygen atoms in total. The van der Waals surface area contributed by atoms with Crippen molar-refractivity contribution < 1.29 is 13.9 Å². The molecule has 0 saturated carbocycles. The van der Waals surface area contributed by atoms with Gasteiger partial charge in [0.25, 0.3) is 0 Å². The van der Waals surface area contributed by atoms with Gasteiger partial charge in [0.2, 0.25) is 11.9 Å². The molecular formula is C25H27FN6O2S. The van der Waals surface area contributed by atoms with Crippen molar-refractivity contribution >= 4 is 29.3 Å². The highest BCUT2D eigenvalue weighted by atomic mass is 32.2. The molecule has 3 aromatic rings. The molecule has 0 N–H and O–H groups in total. The number of morpholine rings is 1. The summed E-state index contributed by atoms with van der Waals surface area (Å²) in [7, 11) is 0. The van der Waals surface area contributed by atoms with E-state index in [9.17, 15) is 9.18 Å². The Kier molecular flexibility index (Phi) is 8.00. The predicted octanol–water partition coefficient (Wildman–Crippen LogP) is 3.90. The van der Waals surface area contributed by atoms with Gasteiger partial charge >= 0.3 is 0 Å². The Hall–Kier alpha value is -3.42. The summed E-state index contributed by atoms with van der Waals surface area (Å²) >= 11 is 1.24. The van der Waals surface area contributed by atoms with Crippen LogP contribution in [-0.4, -0.2) is 59.3 Å². The molecule has 2 heterocycles. The summed E-state index contributed by atoms with van der Waals surface area (Å²) in [6.45, 7) is 6.69. The maximum atomic E-state index is 14.1. The van der Waals surface area contributed by atoms with Gasteiger partial charge in [0, 0.05) is 25.3 Å². The first-order chi connectivity index (χ1) is 17.0. The van der Waals surface area contributed by atoms with Crippen LogP contribution in [0.5, 0.6) is 0 Å². The Morgan fingerprint density at radius 1 is 1.17 bits per heavy atom. The second-order valence-corrected chi connectivity index (χ2v) is 9.23. The topological polar surface area (TPSA) is 87.3 Å². The Bertz CT molecular complexity index is 1210. The van der Waals surface area contributed by atoms with Crippen molar-refractivity contribution in [2.24, 2.45) is 0 Å². The predicted molar refractivity (Wildman–Crippen MR) is 134 cm³/mol. The molecule has 1 fully saturated rings. The van der Waals surface area contributed by atoms with Crippen molar-refractivity contribution in [1.29, 1.82) is 5.26 Å². The first-order valence-corrected chi connectivity index (χ1v) is 12.4. The fraction of sp³-hybridized carbons (Fsp3) is 0.360. The molecule has 1 amide bonds. The summed E-state index contributed by atoms with van der Waals surface area (Å²) in [6, 6.07) is 14.3. The van der Waals surface area contributed by atoms with Gasteiger partial charge in [-0.1, -0.05) is 23.9 Å². The van der Waals surface area contributed by atoms with Crippen LogP contribution in [0.2, 0.25) is 0 Å². The Balaban J connectivity index is 1.60. The van der Waals surface area contributed by atoms with Crippen molar-refractivity contribution in [3.05, 3.63) is 59.4 Å². The number of hydrogen-bond donors (Lipinski definition) is 0. The van der Waals surface area contributed by atoms with E-state index in [0.29, 0.717) is 49.6 Å². The molecule has 1 aromatic heterocycles. The molecule has 0 bridgehead atoms. The lowest BCUT2D eigenvalue weighted by atomic mass is 10.1. The first-order valence-electron chi connectivity index (χ1n) is 11.4. The minimum absolute atomic E-state index is 0.0922. The zero-order chi connectivity index (χ0) is 24.8. The Labute approximate surface area is 208 Å². The normalized spacial score (nSPS) is 13.5. The summed E-state index contributed by atoms with van der Waals surface area (Å²) in [5, 5.41) is 18.3. The van der Waals surface area contributed by atoms with Gasteiger partial charge in [0.15, 0.2) is 5.16 Å². The number of benzene rings is 2. The molecule has 35 heavy (non-hydrogen) atoms. The van der Waals surface area contributed by atoms with E-state index in [1.54, 1.807) is 21.6 Å². The van der Waals surface area contributed by atoms with Crippen LogP contribution in [0.4, 0.5) is 16.0 Å². The molecule has 0 atom stereocenters. The molecule has 1 aliphatic heterocycles. The second kappa shape index (κ2) is 11.3. The number of carbonyl (C=O) groups excluding carboxylic acids is 1. The van der Waals surface area contributed by atoms with E-state index in [4.69, 9.17) is 10.00 Å². The highest BCUT2D eigenvalue weighted by Gasteiger charge is 2.24. The van der Waals surface area contributed by atoms with Crippen molar-refractivity contribution in [2.45, 2.75) is 25.4 Å². The quantitative estimate of drug-likeness (QED) is 0.439. The summed E-state index contributed by atoms with van der Waals surface area (Å²) in [6.07, 6.45) is 0.226. The van der Waals surface area contributed by atoms with E-state index in [-0.39, 0.29) is 23.9 Å². The standard InChI is InChI=1S/C25H27FN6O2S/c1-18-13-19(2)15-22(14-18)31(8-4-7-27)23(33)17-35-25-29-28-24(30-9-11-34-12-10-30)32(25)21-6-3-5-20(26)16-21/h3,5-6,13-16H,4,8-12,17H2,1-2H3. The first kappa shape index (κ1) is 24.7. The maximum absolute atomic E-state index is 14.1. The van der Waals surface area contributed by atoms with Gasteiger partial charge in [-0.3, -0.25) is 9.36 Å². The molecule has 1 saturated heterocycles. The molecule has 0 spiro atoms. The maximum Gasteiger partial charge on any atom is 0.237 e. The third-order valence-corrected chi connectivity index (χ3v) is 6.48. The smallest absolute Gasteiger partial charge is 0.237 e. The summed E-state index contributed by atoms with van der Waals surface area (Å²) < 4.78 is 21.3. The minimum atomic E-state index is -0.367. The second-order valence-electron chi connectivity index (χ2n) is 8.29. The summed E-state index contributed by atoms with van der Waals surface area (Å²) in [4.78, 5) is 17.0. The van der Waals surface area contributed by atoms with Crippen molar-refractivity contribution in [1.82, 2.24) is 14.8 Å². The fourth-order valence-electron chi connectivity index (χ4n) is 4.04. The number of aromatic nitrogens is 3. The SMILES string of the molecule is Cc1cc(C)cc(N(CCC#N)C(=O)CSc2nnc(N3CCOCC3)n2-c2cccc(F)c2)c1. The lowest BCUT2D eigenvalue weighted by molar-refractivity contribution is -0.116.